The van der Waals surface area contributed by atoms with Gasteiger partial charge in [0.2, 0.25) is 11.8 Å². The Labute approximate surface area is 206 Å². The van der Waals surface area contributed by atoms with Gasteiger partial charge in [-0.15, -0.1) is 10.2 Å². The average molecular weight is 492 g/mol. The molecule has 2 aromatic carbocycles. The number of amides is 2. The first-order valence-corrected chi connectivity index (χ1v) is 11.8. The van der Waals surface area contributed by atoms with E-state index in [1.54, 1.807) is 12.3 Å². The number of methoxy groups -OCH3 is 1. The molecule has 0 aliphatic rings. The van der Waals surface area contributed by atoms with Crippen LogP contribution in [0.1, 0.15) is 11.3 Å². The topological polar surface area (TPSA) is 111 Å². The number of ether oxygens (including phenoxy) is 1. The highest BCUT2D eigenvalue weighted by Crippen LogP contribution is 2.30. The molecule has 0 atom stereocenters. The van der Waals surface area contributed by atoms with Crippen molar-refractivity contribution in [2.24, 2.45) is 0 Å². The molecule has 0 fully saturated rings. The molecule has 9 nitrogen and oxygen atoms in total. The number of rotatable bonds is 9. The van der Waals surface area contributed by atoms with Crippen LogP contribution in [-0.4, -0.2) is 46.0 Å². The fraction of sp³-hybridized carbons (Fsp3) is 0.200. The van der Waals surface area contributed by atoms with Crippen LogP contribution in [0.3, 0.4) is 0 Å². The number of hydrogen-bond donors (Lipinski definition) is 2. The molecule has 2 amide bonds. The highest BCUT2D eigenvalue weighted by Gasteiger charge is 2.20. The largest absolute Gasteiger partial charge is 0.495 e. The van der Waals surface area contributed by atoms with Crippen LogP contribution in [0.2, 0.25) is 0 Å². The standard InChI is InChI=1S/C25H25N5O4S/c1-16-9-10-21(33-3)20(13-16)27-22(31)14-26-23(32)15-35-25-29-28-24(19-11-12-34-17(19)2)30(25)18-7-5-4-6-8-18/h4-13H,14-15H2,1-3H3,(H,26,32)(H,27,31). The van der Waals surface area contributed by atoms with Gasteiger partial charge in [0, 0.05) is 5.69 Å². The summed E-state index contributed by atoms with van der Waals surface area (Å²) in [5.41, 5.74) is 3.22. The molecule has 10 heteroatoms. The van der Waals surface area contributed by atoms with Crippen molar-refractivity contribution in [2.75, 3.05) is 24.7 Å². The summed E-state index contributed by atoms with van der Waals surface area (Å²) in [5, 5.41) is 14.6. The van der Waals surface area contributed by atoms with E-state index in [0.29, 0.717) is 22.4 Å². The van der Waals surface area contributed by atoms with Gasteiger partial charge in [-0.1, -0.05) is 36.0 Å². The maximum atomic E-state index is 12.5. The Morgan fingerprint density at radius 3 is 2.57 bits per heavy atom. The van der Waals surface area contributed by atoms with Gasteiger partial charge in [0.1, 0.15) is 11.5 Å². The van der Waals surface area contributed by atoms with Crippen LogP contribution >= 0.6 is 11.8 Å². The van der Waals surface area contributed by atoms with Gasteiger partial charge in [-0.2, -0.15) is 0 Å². The zero-order valence-electron chi connectivity index (χ0n) is 19.6. The second-order valence-corrected chi connectivity index (χ2v) is 8.63. The zero-order valence-corrected chi connectivity index (χ0v) is 20.4. The van der Waals surface area contributed by atoms with Crippen molar-refractivity contribution in [3.8, 4) is 22.8 Å². The third-order valence-corrected chi connectivity index (χ3v) is 6.08. The Kier molecular flexibility index (Phi) is 7.51. The van der Waals surface area contributed by atoms with Crippen LogP contribution in [0.15, 0.2) is 70.4 Å². The fourth-order valence-electron chi connectivity index (χ4n) is 3.44. The first-order valence-electron chi connectivity index (χ1n) is 10.9. The van der Waals surface area contributed by atoms with Crippen molar-refractivity contribution in [1.29, 1.82) is 0 Å². The third-order valence-electron chi connectivity index (χ3n) is 5.16. The highest BCUT2D eigenvalue weighted by molar-refractivity contribution is 7.99. The Morgan fingerprint density at radius 1 is 1.06 bits per heavy atom. The first kappa shape index (κ1) is 24.1. The summed E-state index contributed by atoms with van der Waals surface area (Å²) in [6, 6.07) is 17.0. The minimum Gasteiger partial charge on any atom is -0.495 e. The van der Waals surface area contributed by atoms with Crippen molar-refractivity contribution in [3.05, 3.63) is 72.2 Å². The molecule has 0 radical (unpaired) electrons. The number of nitrogens with one attached hydrogen (secondary N) is 2. The lowest BCUT2D eigenvalue weighted by atomic mass is 10.2. The predicted molar refractivity (Wildman–Crippen MR) is 134 cm³/mol. The summed E-state index contributed by atoms with van der Waals surface area (Å²) in [7, 11) is 1.53. The van der Waals surface area contributed by atoms with E-state index in [9.17, 15) is 9.59 Å². The van der Waals surface area contributed by atoms with Gasteiger partial charge in [-0.25, -0.2) is 0 Å². The summed E-state index contributed by atoms with van der Waals surface area (Å²) in [4.78, 5) is 24.8. The van der Waals surface area contributed by atoms with E-state index in [1.807, 2.05) is 66.9 Å². The van der Waals surface area contributed by atoms with Crippen molar-refractivity contribution in [1.82, 2.24) is 20.1 Å². The number of nitrogens with zero attached hydrogens (tertiary/aromatic N) is 3. The lowest BCUT2D eigenvalue weighted by molar-refractivity contribution is -0.122. The number of thioether (sulfide) groups is 1. The number of carbonyl (C=O) groups excluding carboxylic acids is 2. The Hall–Kier alpha value is -4.05. The molecule has 4 aromatic rings. The molecule has 0 saturated carbocycles. The lowest BCUT2D eigenvalue weighted by Gasteiger charge is -2.12. The number of anilines is 1. The number of furan rings is 1. The zero-order chi connectivity index (χ0) is 24.8. The van der Waals surface area contributed by atoms with E-state index in [1.165, 1.54) is 18.9 Å². The van der Waals surface area contributed by atoms with Crippen LogP contribution in [0.25, 0.3) is 17.1 Å². The number of aryl methyl sites for hydroxylation is 2. The molecule has 4 rings (SSSR count). The van der Waals surface area contributed by atoms with Gasteiger partial charge in [0.15, 0.2) is 11.0 Å². The smallest absolute Gasteiger partial charge is 0.243 e. The number of para-hydroxylation sites is 1. The molecule has 0 spiro atoms. The SMILES string of the molecule is COc1ccc(C)cc1NC(=O)CNC(=O)CSc1nnc(-c2ccoc2C)n1-c1ccccc1. The van der Waals surface area contributed by atoms with E-state index in [-0.39, 0.29) is 24.1 Å². The van der Waals surface area contributed by atoms with E-state index in [0.717, 1.165) is 22.6 Å². The van der Waals surface area contributed by atoms with Gasteiger partial charge in [-0.05, 0) is 49.7 Å². The summed E-state index contributed by atoms with van der Waals surface area (Å²) in [5.74, 6) is 1.31. The van der Waals surface area contributed by atoms with Crippen LogP contribution in [0.4, 0.5) is 5.69 Å². The molecule has 0 aliphatic heterocycles. The average Bonchev–Trinajstić information content (AvgIpc) is 3.47. The molecule has 2 aromatic heterocycles. The maximum Gasteiger partial charge on any atom is 0.243 e. The number of aromatic nitrogens is 3. The fourth-order valence-corrected chi connectivity index (χ4v) is 4.22. The first-order chi connectivity index (χ1) is 17.0. The molecular weight excluding hydrogens is 466 g/mol. The van der Waals surface area contributed by atoms with Crippen molar-refractivity contribution in [2.45, 2.75) is 19.0 Å². The van der Waals surface area contributed by atoms with Gasteiger partial charge < -0.3 is 19.8 Å². The maximum absolute atomic E-state index is 12.5. The minimum absolute atomic E-state index is 0.0659. The second kappa shape index (κ2) is 10.9. The molecule has 0 aliphatic carbocycles. The summed E-state index contributed by atoms with van der Waals surface area (Å²) in [6.45, 7) is 3.61. The molecule has 0 unspecified atom stereocenters. The number of benzene rings is 2. The normalized spacial score (nSPS) is 10.7. The number of hydrogen-bond acceptors (Lipinski definition) is 7. The van der Waals surface area contributed by atoms with Crippen LogP contribution < -0.4 is 15.4 Å². The minimum atomic E-state index is -0.350. The Bertz CT molecular complexity index is 1330. The van der Waals surface area contributed by atoms with Gasteiger partial charge in [0.05, 0.1) is 36.9 Å². The van der Waals surface area contributed by atoms with Crippen molar-refractivity contribution < 1.29 is 18.7 Å². The quantitative estimate of drug-likeness (QED) is 0.341. The van der Waals surface area contributed by atoms with Gasteiger partial charge in [0.25, 0.3) is 0 Å². The molecule has 35 heavy (non-hydrogen) atoms. The molecule has 2 heterocycles. The monoisotopic (exact) mass is 491 g/mol. The van der Waals surface area contributed by atoms with Crippen molar-refractivity contribution in [3.63, 3.8) is 0 Å². The van der Waals surface area contributed by atoms with E-state index >= 15 is 0 Å². The summed E-state index contributed by atoms with van der Waals surface area (Å²) in [6.07, 6.45) is 1.60. The summed E-state index contributed by atoms with van der Waals surface area (Å²) >= 11 is 1.23. The van der Waals surface area contributed by atoms with E-state index < -0.39 is 0 Å². The highest BCUT2D eigenvalue weighted by atomic mass is 32.2. The van der Waals surface area contributed by atoms with Crippen LogP contribution in [0, 0.1) is 13.8 Å². The Morgan fingerprint density at radius 2 is 1.86 bits per heavy atom. The Balaban J connectivity index is 1.40. The molecule has 180 valence electrons. The van der Waals surface area contributed by atoms with E-state index in [2.05, 4.69) is 20.8 Å². The second-order valence-electron chi connectivity index (χ2n) is 7.68. The lowest BCUT2D eigenvalue weighted by Crippen LogP contribution is -2.34. The number of carbonyl (C=O) groups is 2. The molecule has 2 N–H and O–H groups in total. The van der Waals surface area contributed by atoms with Gasteiger partial charge in [-0.3, -0.25) is 14.2 Å². The van der Waals surface area contributed by atoms with Crippen LogP contribution in [0.5, 0.6) is 5.75 Å². The van der Waals surface area contributed by atoms with E-state index in [4.69, 9.17) is 9.15 Å². The molecule has 0 bridgehead atoms. The molecule has 0 saturated heterocycles. The molecular formula is C25H25N5O4S. The summed E-state index contributed by atoms with van der Waals surface area (Å²) < 4.78 is 12.6. The van der Waals surface area contributed by atoms with Crippen molar-refractivity contribution >= 4 is 29.3 Å². The predicted octanol–water partition coefficient (Wildman–Crippen LogP) is 4.00. The van der Waals surface area contributed by atoms with Gasteiger partial charge >= 0.3 is 0 Å². The van der Waals surface area contributed by atoms with Crippen LogP contribution in [-0.2, 0) is 9.59 Å². The third kappa shape index (κ3) is 5.72.